The second kappa shape index (κ2) is 9.24. The van der Waals surface area contributed by atoms with Crippen LogP contribution in [0, 0.1) is 0 Å². The molecule has 6 heteroatoms. The minimum atomic E-state index is -0.632. The Kier molecular flexibility index (Phi) is 6.50. The Morgan fingerprint density at radius 1 is 1.00 bits per heavy atom. The molecule has 144 valence electrons. The summed E-state index contributed by atoms with van der Waals surface area (Å²) in [5.74, 6) is -0.553. The number of ether oxygens (including phenoxy) is 2. The van der Waals surface area contributed by atoms with Gasteiger partial charge >= 0.3 is 5.97 Å². The summed E-state index contributed by atoms with van der Waals surface area (Å²) in [5.41, 5.74) is 1.00. The van der Waals surface area contributed by atoms with Crippen LogP contribution in [-0.2, 0) is 14.3 Å². The largest absolute Gasteiger partial charge is 0.482 e. The molecule has 3 rings (SSSR count). The van der Waals surface area contributed by atoms with E-state index in [-0.39, 0.29) is 25.2 Å². The van der Waals surface area contributed by atoms with E-state index >= 15 is 0 Å². The van der Waals surface area contributed by atoms with Crippen LogP contribution in [0.1, 0.15) is 18.5 Å². The van der Waals surface area contributed by atoms with Crippen molar-refractivity contribution >= 4 is 34.2 Å². The average Bonchev–Trinajstić information content (AvgIpc) is 2.70. The number of rotatable bonds is 7. The van der Waals surface area contributed by atoms with Gasteiger partial charge in [-0.3, -0.25) is 4.79 Å². The first-order chi connectivity index (χ1) is 13.5. The van der Waals surface area contributed by atoms with E-state index in [4.69, 9.17) is 21.1 Å². The fraction of sp³-hybridized carbons (Fsp3) is 0.182. The third-order valence-electron chi connectivity index (χ3n) is 4.18. The second-order valence-corrected chi connectivity index (χ2v) is 6.70. The Hall–Kier alpha value is -3.05. The Bertz CT molecular complexity index is 984. The van der Waals surface area contributed by atoms with E-state index in [0.29, 0.717) is 10.8 Å². The lowest BCUT2D eigenvalue weighted by Gasteiger charge is -2.16. The number of halogens is 1. The van der Waals surface area contributed by atoms with E-state index in [2.05, 4.69) is 5.32 Å². The predicted octanol–water partition coefficient (Wildman–Crippen LogP) is 4.29. The minimum Gasteiger partial charge on any atom is -0.482 e. The number of hydrogen-bond donors (Lipinski definition) is 1. The third kappa shape index (κ3) is 5.24. The smallest absolute Gasteiger partial charge is 0.344 e. The molecule has 5 nitrogen and oxygen atoms in total. The predicted molar refractivity (Wildman–Crippen MR) is 108 cm³/mol. The summed E-state index contributed by atoms with van der Waals surface area (Å²) in [7, 11) is 0. The van der Waals surface area contributed by atoms with Crippen LogP contribution >= 0.6 is 11.6 Å². The lowest BCUT2D eigenvalue weighted by atomic mass is 10.00. The zero-order valence-corrected chi connectivity index (χ0v) is 16.1. The van der Waals surface area contributed by atoms with Crippen LogP contribution in [0.15, 0.2) is 66.7 Å². The van der Waals surface area contributed by atoms with Gasteiger partial charge in [-0.1, -0.05) is 60.1 Å². The number of nitrogens with one attached hydrogen (secondary N) is 1. The molecule has 0 fully saturated rings. The summed E-state index contributed by atoms with van der Waals surface area (Å²) in [4.78, 5) is 23.9. The number of esters is 1. The summed E-state index contributed by atoms with van der Waals surface area (Å²) in [5, 5.41) is 5.53. The molecule has 3 aromatic carbocycles. The summed E-state index contributed by atoms with van der Waals surface area (Å²) < 4.78 is 10.3. The first-order valence-corrected chi connectivity index (χ1v) is 9.22. The van der Waals surface area contributed by atoms with Gasteiger partial charge in [0.05, 0.1) is 6.04 Å². The molecule has 1 N–H and O–H groups in total. The maximum atomic E-state index is 12.1. The van der Waals surface area contributed by atoms with Gasteiger partial charge in [-0.05, 0) is 41.5 Å². The molecular formula is C22H20ClNO4. The molecule has 0 aliphatic rings. The van der Waals surface area contributed by atoms with Gasteiger partial charge in [0.15, 0.2) is 13.2 Å². The van der Waals surface area contributed by atoms with Crippen molar-refractivity contribution in [1.82, 2.24) is 5.32 Å². The molecule has 0 heterocycles. The van der Waals surface area contributed by atoms with Crippen LogP contribution in [0.5, 0.6) is 5.75 Å². The van der Waals surface area contributed by atoms with Crippen LogP contribution in [0.4, 0.5) is 0 Å². The maximum Gasteiger partial charge on any atom is 0.344 e. The van der Waals surface area contributed by atoms with Crippen molar-refractivity contribution < 1.29 is 19.1 Å². The maximum absolute atomic E-state index is 12.1. The lowest BCUT2D eigenvalue weighted by molar-refractivity contribution is -0.150. The summed E-state index contributed by atoms with van der Waals surface area (Å²) in [6, 6.07) is 20.4. The summed E-state index contributed by atoms with van der Waals surface area (Å²) in [6.45, 7) is 1.23. The van der Waals surface area contributed by atoms with Gasteiger partial charge in [0, 0.05) is 5.02 Å². The first kappa shape index (κ1) is 19.7. The molecule has 0 saturated carbocycles. The van der Waals surface area contributed by atoms with Crippen LogP contribution < -0.4 is 10.1 Å². The number of hydrogen-bond acceptors (Lipinski definition) is 4. The highest BCUT2D eigenvalue weighted by Gasteiger charge is 2.14. The number of carbonyl (C=O) groups excluding carboxylic acids is 2. The highest BCUT2D eigenvalue weighted by Crippen LogP contribution is 2.24. The second-order valence-electron chi connectivity index (χ2n) is 6.26. The fourth-order valence-electron chi connectivity index (χ4n) is 2.88. The van der Waals surface area contributed by atoms with Crippen LogP contribution in [-0.4, -0.2) is 25.1 Å². The van der Waals surface area contributed by atoms with Crippen molar-refractivity contribution in [3.8, 4) is 5.75 Å². The fourth-order valence-corrected chi connectivity index (χ4v) is 3.06. The van der Waals surface area contributed by atoms with Crippen molar-refractivity contribution in [2.45, 2.75) is 13.0 Å². The number of amides is 1. The molecule has 0 bridgehead atoms. The molecule has 0 radical (unpaired) electrons. The van der Waals surface area contributed by atoms with Gasteiger partial charge in [-0.15, -0.1) is 0 Å². The quantitative estimate of drug-likeness (QED) is 0.604. The summed E-state index contributed by atoms with van der Waals surface area (Å²) >= 11 is 5.85. The standard InChI is InChI=1S/C22H20ClNO4/c1-15(19-11-4-7-16-6-2-3-10-20(16)19)24-21(25)13-28-22(26)14-27-18-9-5-8-17(23)12-18/h2-12,15H,13-14H2,1H3,(H,24,25)/t15-/m1/s1. The Morgan fingerprint density at radius 3 is 2.57 bits per heavy atom. The van der Waals surface area contributed by atoms with Crippen LogP contribution in [0.25, 0.3) is 10.8 Å². The molecule has 1 amide bonds. The van der Waals surface area contributed by atoms with Crippen molar-refractivity contribution in [1.29, 1.82) is 0 Å². The number of carbonyl (C=O) groups is 2. The zero-order chi connectivity index (χ0) is 19.9. The van der Waals surface area contributed by atoms with Crippen molar-refractivity contribution in [2.24, 2.45) is 0 Å². The summed E-state index contributed by atoms with van der Waals surface area (Å²) in [6.07, 6.45) is 0. The van der Waals surface area contributed by atoms with E-state index in [9.17, 15) is 9.59 Å². The van der Waals surface area contributed by atoms with Gasteiger partial charge < -0.3 is 14.8 Å². The molecule has 1 atom stereocenters. The van der Waals surface area contributed by atoms with Gasteiger partial charge in [-0.25, -0.2) is 4.79 Å². The van der Waals surface area contributed by atoms with E-state index < -0.39 is 5.97 Å². The van der Waals surface area contributed by atoms with Crippen LogP contribution in [0.3, 0.4) is 0 Å². The Morgan fingerprint density at radius 2 is 1.75 bits per heavy atom. The highest BCUT2D eigenvalue weighted by atomic mass is 35.5. The highest BCUT2D eigenvalue weighted by molar-refractivity contribution is 6.30. The molecule has 0 saturated heterocycles. The number of fused-ring (bicyclic) bond motifs is 1. The van der Waals surface area contributed by atoms with E-state index in [1.54, 1.807) is 24.3 Å². The van der Waals surface area contributed by atoms with Gasteiger partial charge in [0.2, 0.25) is 0 Å². The Balaban J connectivity index is 1.49. The van der Waals surface area contributed by atoms with Crippen molar-refractivity contribution in [3.63, 3.8) is 0 Å². The first-order valence-electron chi connectivity index (χ1n) is 8.84. The van der Waals surface area contributed by atoms with E-state index in [1.165, 1.54) is 0 Å². The van der Waals surface area contributed by atoms with E-state index in [0.717, 1.165) is 16.3 Å². The minimum absolute atomic E-state index is 0.222. The molecule has 0 aromatic heterocycles. The monoisotopic (exact) mass is 397 g/mol. The lowest BCUT2D eigenvalue weighted by Crippen LogP contribution is -2.32. The van der Waals surface area contributed by atoms with Gasteiger partial charge in [0.1, 0.15) is 5.75 Å². The van der Waals surface area contributed by atoms with Crippen molar-refractivity contribution in [3.05, 3.63) is 77.3 Å². The molecule has 0 spiro atoms. The zero-order valence-electron chi connectivity index (χ0n) is 15.4. The molecule has 0 aliphatic carbocycles. The molecule has 3 aromatic rings. The van der Waals surface area contributed by atoms with Crippen molar-refractivity contribution in [2.75, 3.05) is 13.2 Å². The van der Waals surface area contributed by atoms with Gasteiger partial charge in [0.25, 0.3) is 5.91 Å². The number of benzene rings is 3. The third-order valence-corrected chi connectivity index (χ3v) is 4.42. The molecule has 0 unspecified atom stereocenters. The topological polar surface area (TPSA) is 64.6 Å². The van der Waals surface area contributed by atoms with Crippen LogP contribution in [0.2, 0.25) is 5.02 Å². The molecular weight excluding hydrogens is 378 g/mol. The SMILES string of the molecule is C[C@@H](NC(=O)COC(=O)COc1cccc(Cl)c1)c1cccc2ccccc12. The average molecular weight is 398 g/mol. The van der Waals surface area contributed by atoms with Gasteiger partial charge in [-0.2, -0.15) is 0 Å². The molecule has 28 heavy (non-hydrogen) atoms. The molecule has 0 aliphatic heterocycles. The van der Waals surface area contributed by atoms with E-state index in [1.807, 2.05) is 49.4 Å². The Labute approximate surface area is 168 Å². The normalized spacial score (nSPS) is 11.6.